The van der Waals surface area contributed by atoms with Gasteiger partial charge in [0.25, 0.3) is 11.8 Å². The molecule has 0 radical (unpaired) electrons. The summed E-state index contributed by atoms with van der Waals surface area (Å²) in [5.74, 6) is -3.79. The zero-order valence-electron chi connectivity index (χ0n) is 14.2. The molecule has 1 aliphatic carbocycles. The van der Waals surface area contributed by atoms with Crippen LogP contribution in [-0.4, -0.2) is 23.4 Å². The van der Waals surface area contributed by atoms with Crippen molar-refractivity contribution in [2.45, 2.75) is 0 Å². The van der Waals surface area contributed by atoms with Gasteiger partial charge in [0.2, 0.25) is 11.6 Å². The molecule has 0 atom stereocenters. The molecule has 0 saturated heterocycles. The second-order valence-electron chi connectivity index (χ2n) is 5.68. The van der Waals surface area contributed by atoms with Gasteiger partial charge >= 0.3 is 0 Å². The summed E-state index contributed by atoms with van der Waals surface area (Å²) in [7, 11) is 0. The predicted molar refractivity (Wildman–Crippen MR) is 106 cm³/mol. The fourth-order valence-corrected chi connectivity index (χ4v) is 3.01. The Kier molecular flexibility index (Phi) is 5.73. The Morgan fingerprint density at radius 1 is 0.607 bits per heavy atom. The minimum atomic E-state index is -1.00. The van der Waals surface area contributed by atoms with Crippen LogP contribution in [0.3, 0.4) is 0 Å². The molecule has 0 heterocycles. The molecule has 3 rings (SSSR count). The zero-order valence-corrected chi connectivity index (χ0v) is 15.7. The molecule has 0 aliphatic heterocycles. The van der Waals surface area contributed by atoms with Gasteiger partial charge in [0.05, 0.1) is 0 Å². The van der Waals surface area contributed by atoms with Gasteiger partial charge in [-0.1, -0.05) is 59.6 Å². The molecule has 140 valence electrons. The van der Waals surface area contributed by atoms with Crippen LogP contribution in [0, 0.1) is 0 Å². The highest BCUT2D eigenvalue weighted by Gasteiger charge is 2.39. The summed E-state index contributed by atoms with van der Waals surface area (Å²) in [6.45, 7) is 0. The minimum Gasteiger partial charge on any atom is -0.322 e. The summed E-state index contributed by atoms with van der Waals surface area (Å²) >= 11 is 11.9. The summed E-state index contributed by atoms with van der Waals surface area (Å²) in [5.41, 5.74) is -0.427. The molecule has 2 aromatic rings. The SMILES string of the molecule is O=C(Nc1ccccc1)C1=C(Cl)C(=O)C(C(=O)Nc2ccccc2)=C(Cl)C1=O. The second kappa shape index (κ2) is 8.21. The molecule has 0 bridgehead atoms. The number of anilines is 2. The molecular formula is C20H12Cl2N2O4. The first kappa shape index (κ1) is 19.5. The van der Waals surface area contributed by atoms with Crippen molar-refractivity contribution in [2.24, 2.45) is 0 Å². The number of rotatable bonds is 4. The Morgan fingerprint density at radius 3 is 1.25 bits per heavy atom. The summed E-state index contributed by atoms with van der Waals surface area (Å²) in [4.78, 5) is 50.0. The average molecular weight is 415 g/mol. The molecule has 2 amide bonds. The lowest BCUT2D eigenvalue weighted by Gasteiger charge is -2.17. The highest BCUT2D eigenvalue weighted by atomic mass is 35.5. The number of benzene rings is 2. The van der Waals surface area contributed by atoms with Gasteiger partial charge in [-0.2, -0.15) is 0 Å². The van der Waals surface area contributed by atoms with Crippen LogP contribution >= 0.6 is 23.2 Å². The van der Waals surface area contributed by atoms with Gasteiger partial charge in [-0.15, -0.1) is 0 Å². The Labute approximate surface area is 169 Å². The molecule has 0 spiro atoms. The lowest BCUT2D eigenvalue weighted by Crippen LogP contribution is -2.32. The van der Waals surface area contributed by atoms with E-state index in [0.29, 0.717) is 11.4 Å². The van der Waals surface area contributed by atoms with Gasteiger partial charge in [-0.3, -0.25) is 19.2 Å². The molecule has 6 nitrogen and oxygen atoms in total. The molecule has 0 saturated carbocycles. The van der Waals surface area contributed by atoms with Gasteiger partial charge in [-0.25, -0.2) is 0 Å². The molecule has 8 heteroatoms. The smallest absolute Gasteiger partial charge is 0.261 e. The monoisotopic (exact) mass is 414 g/mol. The molecule has 2 N–H and O–H groups in total. The summed E-state index contributed by atoms with van der Waals surface area (Å²) in [5, 5.41) is 3.59. The Bertz CT molecular complexity index is 959. The number of halogens is 2. The van der Waals surface area contributed by atoms with E-state index < -0.39 is 44.6 Å². The van der Waals surface area contributed by atoms with E-state index in [1.54, 1.807) is 60.7 Å². The van der Waals surface area contributed by atoms with Gasteiger partial charge < -0.3 is 10.6 Å². The van der Waals surface area contributed by atoms with Crippen molar-refractivity contribution >= 4 is 58.0 Å². The fraction of sp³-hybridized carbons (Fsp3) is 0. The molecule has 0 aromatic heterocycles. The number of allylic oxidation sites excluding steroid dienone is 2. The second-order valence-corrected chi connectivity index (χ2v) is 6.43. The Hall–Kier alpha value is -3.22. The van der Waals surface area contributed by atoms with E-state index in [2.05, 4.69) is 10.6 Å². The Morgan fingerprint density at radius 2 is 0.929 bits per heavy atom. The normalized spacial score (nSPS) is 14.2. The largest absolute Gasteiger partial charge is 0.322 e. The Balaban J connectivity index is 1.88. The van der Waals surface area contributed by atoms with Crippen molar-refractivity contribution < 1.29 is 19.2 Å². The van der Waals surface area contributed by atoms with E-state index in [9.17, 15) is 19.2 Å². The third-order valence-electron chi connectivity index (χ3n) is 3.81. The number of Topliss-reactive ketones (excluding diaryl/α,β-unsaturated/α-hetero) is 2. The van der Waals surface area contributed by atoms with E-state index >= 15 is 0 Å². The first-order valence-electron chi connectivity index (χ1n) is 8.02. The summed E-state index contributed by atoms with van der Waals surface area (Å²) < 4.78 is 0. The lowest BCUT2D eigenvalue weighted by molar-refractivity contribution is -0.122. The van der Waals surface area contributed by atoms with Crippen molar-refractivity contribution in [2.75, 3.05) is 10.6 Å². The van der Waals surface area contributed by atoms with Gasteiger partial charge in [0.1, 0.15) is 21.2 Å². The number of nitrogens with one attached hydrogen (secondary N) is 2. The number of carbonyl (C=O) groups is 4. The first-order chi connectivity index (χ1) is 13.4. The molecule has 1 aliphatic rings. The number of ketones is 2. The zero-order chi connectivity index (χ0) is 20.3. The van der Waals surface area contributed by atoms with E-state index in [1.807, 2.05) is 0 Å². The minimum absolute atomic E-state index is 0.400. The maximum Gasteiger partial charge on any atom is 0.261 e. The summed E-state index contributed by atoms with van der Waals surface area (Å²) in [6, 6.07) is 16.6. The van der Waals surface area contributed by atoms with Crippen molar-refractivity contribution in [1.82, 2.24) is 0 Å². The van der Waals surface area contributed by atoms with E-state index in [4.69, 9.17) is 23.2 Å². The van der Waals surface area contributed by atoms with Crippen molar-refractivity contribution in [3.8, 4) is 0 Å². The molecular weight excluding hydrogens is 403 g/mol. The van der Waals surface area contributed by atoms with Crippen LogP contribution in [0.4, 0.5) is 11.4 Å². The van der Waals surface area contributed by atoms with E-state index in [1.165, 1.54) is 0 Å². The maximum atomic E-state index is 12.6. The van der Waals surface area contributed by atoms with Crippen LogP contribution in [0.15, 0.2) is 81.9 Å². The van der Waals surface area contributed by atoms with Crippen LogP contribution in [0.1, 0.15) is 0 Å². The number of para-hydroxylation sites is 2. The van der Waals surface area contributed by atoms with Crippen LogP contribution in [-0.2, 0) is 19.2 Å². The first-order valence-corrected chi connectivity index (χ1v) is 8.77. The van der Waals surface area contributed by atoms with Crippen molar-refractivity contribution in [3.63, 3.8) is 0 Å². The number of carbonyl (C=O) groups excluding carboxylic acids is 4. The van der Waals surface area contributed by atoms with E-state index in [-0.39, 0.29) is 0 Å². The van der Waals surface area contributed by atoms with Crippen LogP contribution in [0.25, 0.3) is 0 Å². The average Bonchev–Trinajstić information content (AvgIpc) is 2.68. The summed E-state index contributed by atoms with van der Waals surface area (Å²) in [6.07, 6.45) is 0. The topological polar surface area (TPSA) is 92.3 Å². The molecule has 2 aromatic carbocycles. The standard InChI is InChI=1S/C20H12Cl2N2O4/c21-15-13(19(27)23-11-7-3-1-4-8-11)17(25)16(22)14(18(15)26)20(28)24-12-9-5-2-6-10-12/h1-10H,(H,23,27)(H,24,28). The quantitative estimate of drug-likeness (QED) is 0.592. The van der Waals surface area contributed by atoms with Gasteiger partial charge in [0.15, 0.2) is 0 Å². The molecule has 0 unspecified atom stereocenters. The molecule has 28 heavy (non-hydrogen) atoms. The van der Waals surface area contributed by atoms with Crippen LogP contribution in [0.2, 0.25) is 0 Å². The highest BCUT2D eigenvalue weighted by molar-refractivity contribution is 6.62. The lowest BCUT2D eigenvalue weighted by atomic mass is 9.95. The fourth-order valence-electron chi connectivity index (χ4n) is 2.48. The van der Waals surface area contributed by atoms with E-state index in [0.717, 1.165) is 0 Å². The van der Waals surface area contributed by atoms with Crippen molar-refractivity contribution in [3.05, 3.63) is 81.9 Å². The number of hydrogen-bond donors (Lipinski definition) is 2. The van der Waals surface area contributed by atoms with Gasteiger partial charge in [0, 0.05) is 11.4 Å². The third kappa shape index (κ3) is 3.88. The highest BCUT2D eigenvalue weighted by Crippen LogP contribution is 2.31. The maximum absolute atomic E-state index is 12.6. The number of amides is 2. The third-order valence-corrected chi connectivity index (χ3v) is 4.53. The van der Waals surface area contributed by atoms with Crippen LogP contribution in [0.5, 0.6) is 0 Å². The van der Waals surface area contributed by atoms with Crippen molar-refractivity contribution in [1.29, 1.82) is 0 Å². The van der Waals surface area contributed by atoms with Crippen LogP contribution < -0.4 is 10.6 Å². The van der Waals surface area contributed by atoms with Gasteiger partial charge in [-0.05, 0) is 24.3 Å². The molecule has 0 fully saturated rings. The predicted octanol–water partition coefficient (Wildman–Crippen LogP) is 3.40. The number of hydrogen-bond acceptors (Lipinski definition) is 4.